The van der Waals surface area contributed by atoms with Crippen molar-refractivity contribution in [1.29, 1.82) is 0 Å². The highest BCUT2D eigenvalue weighted by atomic mass is 16.6. The summed E-state index contributed by atoms with van der Waals surface area (Å²) in [6, 6.07) is 6.19. The molecule has 0 N–H and O–H groups in total. The van der Waals surface area contributed by atoms with Gasteiger partial charge in [0.25, 0.3) is 5.69 Å². The number of carbonyl (C=O) groups is 1. The van der Waals surface area contributed by atoms with Crippen molar-refractivity contribution in [2.24, 2.45) is 0 Å². The maximum absolute atomic E-state index is 10.6. The summed E-state index contributed by atoms with van der Waals surface area (Å²) in [5.41, 5.74) is 1.33. The number of hydrogen-bond acceptors (Lipinski definition) is 3. The number of nitro groups is 1. The van der Waals surface area contributed by atoms with E-state index in [1.807, 2.05) is 6.92 Å². The van der Waals surface area contributed by atoms with Gasteiger partial charge in [0.1, 0.15) is 6.29 Å². The van der Waals surface area contributed by atoms with Crippen LogP contribution in [0.3, 0.4) is 0 Å². The molecule has 0 radical (unpaired) electrons. The van der Waals surface area contributed by atoms with Gasteiger partial charge in [0.2, 0.25) is 0 Å². The quantitative estimate of drug-likeness (QED) is 0.328. The molecule has 0 saturated heterocycles. The monoisotopic (exact) mass is 205 g/mol. The van der Waals surface area contributed by atoms with Crippen LogP contribution in [-0.2, 0) is 4.79 Å². The average Bonchev–Trinajstić information content (AvgIpc) is 2.26. The molecule has 0 aliphatic heterocycles. The van der Waals surface area contributed by atoms with Crippen LogP contribution in [0, 0.1) is 10.1 Å². The first-order chi connectivity index (χ1) is 7.17. The highest BCUT2D eigenvalue weighted by Crippen LogP contribution is 2.15. The molecule has 0 heterocycles. The standard InChI is InChI=1S/C11H11NO3/c1-2-9(8-13)6-10-4-3-5-11(7-10)12(14)15/h3-8H,2H2,1H3/b9-6+. The molecule has 78 valence electrons. The molecule has 1 rings (SSSR count). The Morgan fingerprint density at radius 3 is 2.80 bits per heavy atom. The van der Waals surface area contributed by atoms with Crippen molar-refractivity contribution >= 4 is 18.0 Å². The minimum Gasteiger partial charge on any atom is -0.298 e. The van der Waals surface area contributed by atoms with Crippen molar-refractivity contribution in [3.8, 4) is 0 Å². The van der Waals surface area contributed by atoms with E-state index >= 15 is 0 Å². The topological polar surface area (TPSA) is 60.2 Å². The number of aldehydes is 1. The van der Waals surface area contributed by atoms with E-state index in [9.17, 15) is 14.9 Å². The molecule has 1 aromatic rings. The van der Waals surface area contributed by atoms with Gasteiger partial charge < -0.3 is 0 Å². The third-order valence-corrected chi connectivity index (χ3v) is 1.99. The first kappa shape index (κ1) is 11.1. The third-order valence-electron chi connectivity index (χ3n) is 1.99. The number of allylic oxidation sites excluding steroid dienone is 1. The lowest BCUT2D eigenvalue weighted by molar-refractivity contribution is -0.384. The SMILES string of the molecule is CC/C(C=O)=C\c1cccc([N+](=O)[O-])c1. The van der Waals surface area contributed by atoms with Gasteiger partial charge in [-0.3, -0.25) is 14.9 Å². The van der Waals surface area contributed by atoms with Crippen molar-refractivity contribution in [1.82, 2.24) is 0 Å². The lowest BCUT2D eigenvalue weighted by Crippen LogP contribution is -1.88. The van der Waals surface area contributed by atoms with E-state index in [4.69, 9.17) is 0 Å². The molecule has 0 fully saturated rings. The molecule has 0 aromatic heterocycles. The molecule has 1 aromatic carbocycles. The van der Waals surface area contributed by atoms with Gasteiger partial charge in [-0.25, -0.2) is 0 Å². The molecule has 4 nitrogen and oxygen atoms in total. The molecule has 0 spiro atoms. The van der Waals surface area contributed by atoms with Crippen LogP contribution in [0.1, 0.15) is 18.9 Å². The fourth-order valence-electron chi connectivity index (χ4n) is 1.16. The van der Waals surface area contributed by atoms with E-state index in [1.54, 1.807) is 18.2 Å². The fraction of sp³-hybridized carbons (Fsp3) is 0.182. The minimum absolute atomic E-state index is 0.0325. The van der Waals surface area contributed by atoms with E-state index in [0.29, 0.717) is 17.6 Å². The Labute approximate surface area is 87.4 Å². The molecular formula is C11H11NO3. The Kier molecular flexibility index (Phi) is 3.74. The van der Waals surface area contributed by atoms with Crippen LogP contribution in [0.5, 0.6) is 0 Å². The summed E-state index contributed by atoms with van der Waals surface area (Å²) in [7, 11) is 0. The molecule has 0 unspecified atom stereocenters. The fourth-order valence-corrected chi connectivity index (χ4v) is 1.16. The molecular weight excluding hydrogens is 194 g/mol. The van der Waals surface area contributed by atoms with Crippen molar-refractivity contribution in [2.45, 2.75) is 13.3 Å². The Balaban J connectivity index is 3.05. The number of non-ortho nitro benzene ring substituents is 1. The maximum Gasteiger partial charge on any atom is 0.270 e. The predicted molar refractivity (Wildman–Crippen MR) is 57.4 cm³/mol. The summed E-state index contributed by atoms with van der Waals surface area (Å²) in [4.78, 5) is 20.6. The van der Waals surface area contributed by atoms with Crippen LogP contribution in [0.15, 0.2) is 29.8 Å². The van der Waals surface area contributed by atoms with Gasteiger partial charge in [-0.1, -0.05) is 19.1 Å². The second kappa shape index (κ2) is 5.05. The van der Waals surface area contributed by atoms with Crippen molar-refractivity contribution in [3.05, 3.63) is 45.5 Å². The lowest BCUT2D eigenvalue weighted by Gasteiger charge is -1.96. The lowest BCUT2D eigenvalue weighted by atomic mass is 10.1. The zero-order valence-corrected chi connectivity index (χ0v) is 8.34. The highest BCUT2D eigenvalue weighted by Gasteiger charge is 2.04. The Hall–Kier alpha value is -1.97. The molecule has 0 saturated carbocycles. The first-order valence-corrected chi connectivity index (χ1v) is 4.57. The number of nitro benzene ring substituents is 1. The van der Waals surface area contributed by atoms with Crippen LogP contribution in [0.25, 0.3) is 6.08 Å². The van der Waals surface area contributed by atoms with Gasteiger partial charge in [0.15, 0.2) is 0 Å². The largest absolute Gasteiger partial charge is 0.298 e. The Bertz CT molecular complexity index is 410. The number of nitrogens with zero attached hydrogens (tertiary/aromatic N) is 1. The molecule has 0 amide bonds. The second-order valence-corrected chi connectivity index (χ2v) is 3.04. The molecule has 0 bridgehead atoms. The van der Waals surface area contributed by atoms with Crippen molar-refractivity contribution < 1.29 is 9.72 Å². The minimum atomic E-state index is -0.454. The number of carbonyl (C=O) groups excluding carboxylic acids is 1. The van der Waals surface area contributed by atoms with E-state index in [-0.39, 0.29) is 5.69 Å². The zero-order valence-electron chi connectivity index (χ0n) is 8.34. The average molecular weight is 205 g/mol. The van der Waals surface area contributed by atoms with Gasteiger partial charge >= 0.3 is 0 Å². The molecule has 0 atom stereocenters. The van der Waals surface area contributed by atoms with E-state index < -0.39 is 4.92 Å². The smallest absolute Gasteiger partial charge is 0.270 e. The van der Waals surface area contributed by atoms with Crippen LogP contribution in [0.2, 0.25) is 0 Å². The highest BCUT2D eigenvalue weighted by molar-refractivity contribution is 5.81. The summed E-state index contributed by atoms with van der Waals surface area (Å²) in [5, 5.41) is 10.5. The van der Waals surface area contributed by atoms with Gasteiger partial charge in [0.05, 0.1) is 4.92 Å². The second-order valence-electron chi connectivity index (χ2n) is 3.04. The summed E-state index contributed by atoms with van der Waals surface area (Å²) < 4.78 is 0. The van der Waals surface area contributed by atoms with E-state index in [1.165, 1.54) is 12.1 Å². The summed E-state index contributed by atoms with van der Waals surface area (Å²) in [6.07, 6.45) is 3.03. The number of benzene rings is 1. The van der Waals surface area contributed by atoms with Crippen LogP contribution in [-0.4, -0.2) is 11.2 Å². The summed E-state index contributed by atoms with van der Waals surface area (Å²) in [5.74, 6) is 0. The van der Waals surface area contributed by atoms with E-state index in [0.717, 1.165) is 6.29 Å². The van der Waals surface area contributed by atoms with Gasteiger partial charge in [0, 0.05) is 12.1 Å². The Morgan fingerprint density at radius 2 is 2.27 bits per heavy atom. The molecule has 15 heavy (non-hydrogen) atoms. The summed E-state index contributed by atoms with van der Waals surface area (Å²) in [6.45, 7) is 1.86. The van der Waals surface area contributed by atoms with Gasteiger partial charge in [-0.15, -0.1) is 0 Å². The first-order valence-electron chi connectivity index (χ1n) is 4.57. The van der Waals surface area contributed by atoms with Crippen molar-refractivity contribution in [2.75, 3.05) is 0 Å². The van der Waals surface area contributed by atoms with Crippen LogP contribution in [0.4, 0.5) is 5.69 Å². The maximum atomic E-state index is 10.6. The van der Waals surface area contributed by atoms with Gasteiger partial charge in [-0.2, -0.15) is 0 Å². The molecule has 0 aliphatic carbocycles. The summed E-state index contributed by atoms with van der Waals surface area (Å²) >= 11 is 0. The predicted octanol–water partition coefficient (Wildman–Crippen LogP) is 2.59. The van der Waals surface area contributed by atoms with Crippen LogP contribution < -0.4 is 0 Å². The van der Waals surface area contributed by atoms with Crippen LogP contribution >= 0.6 is 0 Å². The zero-order chi connectivity index (χ0) is 11.3. The van der Waals surface area contributed by atoms with Gasteiger partial charge in [-0.05, 0) is 23.6 Å². The number of hydrogen-bond donors (Lipinski definition) is 0. The molecule has 4 heteroatoms. The third kappa shape index (κ3) is 3.02. The van der Waals surface area contributed by atoms with Crippen molar-refractivity contribution in [3.63, 3.8) is 0 Å². The normalized spacial score (nSPS) is 11.1. The number of rotatable bonds is 4. The van der Waals surface area contributed by atoms with E-state index in [2.05, 4.69) is 0 Å². The Morgan fingerprint density at radius 1 is 1.53 bits per heavy atom. The molecule has 0 aliphatic rings.